The number of nitrogens with one attached hydrogen (secondary N) is 2. The van der Waals surface area contributed by atoms with Gasteiger partial charge in [-0.25, -0.2) is 13.1 Å². The minimum absolute atomic E-state index is 0.153. The third-order valence-corrected chi connectivity index (χ3v) is 5.83. The topological polar surface area (TPSA) is 113 Å². The van der Waals surface area contributed by atoms with E-state index in [0.717, 1.165) is 11.3 Å². The Morgan fingerprint density at radius 2 is 2.10 bits per heavy atom. The summed E-state index contributed by atoms with van der Waals surface area (Å²) in [7, 11) is -3.65. The first-order valence-corrected chi connectivity index (χ1v) is 8.30. The van der Waals surface area contributed by atoms with Crippen LogP contribution in [0.3, 0.4) is 0 Å². The standard InChI is InChI=1S/C11H14N2O5S2/c14-9(13-8-4-7(5-8)11(15)16)6-12-20(17,18)10-2-1-3-19-10/h1-3,7-8,12H,4-6H2,(H,13,14)(H,15,16). The van der Waals surface area contributed by atoms with Crippen molar-refractivity contribution in [3.63, 3.8) is 0 Å². The molecule has 1 heterocycles. The molecule has 0 saturated heterocycles. The van der Waals surface area contributed by atoms with Gasteiger partial charge in [-0.2, -0.15) is 0 Å². The zero-order valence-corrected chi connectivity index (χ0v) is 12.0. The zero-order valence-electron chi connectivity index (χ0n) is 10.4. The molecular weight excluding hydrogens is 304 g/mol. The van der Waals surface area contributed by atoms with Crippen molar-refractivity contribution in [3.05, 3.63) is 17.5 Å². The van der Waals surface area contributed by atoms with Crippen LogP contribution < -0.4 is 10.0 Å². The summed E-state index contributed by atoms with van der Waals surface area (Å²) in [5, 5.41) is 12.9. The molecule has 1 aliphatic rings. The summed E-state index contributed by atoms with van der Waals surface area (Å²) in [6, 6.07) is 2.88. The predicted octanol–water partition coefficient (Wildman–Crippen LogP) is 0.00580. The number of amides is 1. The fourth-order valence-corrected chi connectivity index (χ4v) is 3.88. The van der Waals surface area contributed by atoms with Crippen molar-refractivity contribution in [1.29, 1.82) is 0 Å². The molecule has 0 radical (unpaired) electrons. The van der Waals surface area contributed by atoms with Crippen LogP contribution in [0.4, 0.5) is 0 Å². The van der Waals surface area contributed by atoms with Crippen molar-refractivity contribution in [3.8, 4) is 0 Å². The maximum absolute atomic E-state index is 11.8. The average Bonchev–Trinajstić information content (AvgIpc) is 2.84. The number of aliphatic carboxylic acids is 1. The number of sulfonamides is 1. The molecule has 0 bridgehead atoms. The molecule has 0 atom stereocenters. The lowest BCUT2D eigenvalue weighted by molar-refractivity contribution is -0.146. The molecule has 1 amide bonds. The van der Waals surface area contributed by atoms with Crippen molar-refractivity contribution >= 4 is 33.2 Å². The van der Waals surface area contributed by atoms with Crippen molar-refractivity contribution in [2.45, 2.75) is 23.1 Å². The minimum Gasteiger partial charge on any atom is -0.481 e. The van der Waals surface area contributed by atoms with E-state index in [0.29, 0.717) is 12.8 Å². The van der Waals surface area contributed by atoms with Crippen molar-refractivity contribution in [2.24, 2.45) is 5.92 Å². The van der Waals surface area contributed by atoms with Gasteiger partial charge in [-0.3, -0.25) is 9.59 Å². The molecule has 3 N–H and O–H groups in total. The van der Waals surface area contributed by atoms with E-state index in [4.69, 9.17) is 5.11 Å². The van der Waals surface area contributed by atoms with Gasteiger partial charge in [0.25, 0.3) is 10.0 Å². The predicted molar refractivity (Wildman–Crippen MR) is 71.8 cm³/mol. The summed E-state index contributed by atoms with van der Waals surface area (Å²) in [5.74, 6) is -1.74. The molecule has 110 valence electrons. The summed E-state index contributed by atoms with van der Waals surface area (Å²) in [6.45, 7) is -0.353. The molecule has 1 aromatic heterocycles. The van der Waals surface area contributed by atoms with Crippen molar-refractivity contribution in [2.75, 3.05) is 6.54 Å². The van der Waals surface area contributed by atoms with Gasteiger partial charge in [0.1, 0.15) is 4.21 Å². The van der Waals surface area contributed by atoms with Crippen LogP contribution in [0.5, 0.6) is 0 Å². The molecule has 1 fully saturated rings. The molecule has 0 aliphatic heterocycles. The van der Waals surface area contributed by atoms with E-state index in [-0.39, 0.29) is 16.8 Å². The minimum atomic E-state index is -3.65. The second-order valence-corrected chi connectivity index (χ2v) is 7.47. The summed E-state index contributed by atoms with van der Waals surface area (Å²) >= 11 is 1.07. The van der Waals surface area contributed by atoms with Gasteiger partial charge in [0, 0.05) is 6.04 Å². The lowest BCUT2D eigenvalue weighted by Crippen LogP contribution is -2.49. The van der Waals surface area contributed by atoms with Gasteiger partial charge in [0.2, 0.25) is 5.91 Å². The summed E-state index contributed by atoms with van der Waals surface area (Å²) < 4.78 is 25.9. The first kappa shape index (κ1) is 14.9. The van der Waals surface area contributed by atoms with Crippen molar-refractivity contribution in [1.82, 2.24) is 10.0 Å². The Labute approximate surface area is 120 Å². The lowest BCUT2D eigenvalue weighted by Gasteiger charge is -2.32. The largest absolute Gasteiger partial charge is 0.481 e. The van der Waals surface area contributed by atoms with E-state index < -0.39 is 27.8 Å². The van der Waals surface area contributed by atoms with Gasteiger partial charge in [-0.15, -0.1) is 11.3 Å². The Morgan fingerprint density at radius 3 is 2.65 bits per heavy atom. The van der Waals surface area contributed by atoms with Crippen LogP contribution in [0.25, 0.3) is 0 Å². The normalized spacial score (nSPS) is 22.0. The second kappa shape index (κ2) is 5.90. The molecule has 9 heteroatoms. The molecule has 2 rings (SSSR count). The van der Waals surface area contributed by atoms with Crippen LogP contribution in [0.15, 0.2) is 21.7 Å². The Kier molecular flexibility index (Phi) is 4.41. The lowest BCUT2D eigenvalue weighted by atomic mass is 9.80. The SMILES string of the molecule is O=C(CNS(=O)(=O)c1cccs1)NC1CC(C(=O)O)C1. The van der Waals surface area contributed by atoms with E-state index in [2.05, 4.69) is 10.0 Å². The molecule has 20 heavy (non-hydrogen) atoms. The zero-order chi connectivity index (χ0) is 14.8. The molecule has 1 aromatic rings. The number of hydrogen-bond donors (Lipinski definition) is 3. The van der Waals surface area contributed by atoms with Gasteiger partial charge in [0.15, 0.2) is 0 Å². The molecule has 7 nitrogen and oxygen atoms in total. The highest BCUT2D eigenvalue weighted by molar-refractivity contribution is 7.91. The number of carboxylic acid groups (broad SMARTS) is 1. The number of carbonyl (C=O) groups excluding carboxylic acids is 1. The van der Waals surface area contributed by atoms with E-state index in [1.807, 2.05) is 0 Å². The highest BCUT2D eigenvalue weighted by Crippen LogP contribution is 2.27. The average molecular weight is 318 g/mol. The van der Waals surface area contributed by atoms with Crippen LogP contribution in [0.2, 0.25) is 0 Å². The number of carbonyl (C=O) groups is 2. The molecule has 1 saturated carbocycles. The van der Waals surface area contributed by atoms with E-state index in [9.17, 15) is 18.0 Å². The van der Waals surface area contributed by atoms with Crippen molar-refractivity contribution < 1.29 is 23.1 Å². The second-order valence-electron chi connectivity index (χ2n) is 4.53. The smallest absolute Gasteiger partial charge is 0.306 e. The third kappa shape index (κ3) is 3.56. The van der Waals surface area contributed by atoms with Crippen LogP contribution >= 0.6 is 11.3 Å². The fraction of sp³-hybridized carbons (Fsp3) is 0.455. The first-order chi connectivity index (χ1) is 9.38. The first-order valence-electron chi connectivity index (χ1n) is 5.94. The Balaban J connectivity index is 1.75. The molecule has 0 unspecified atom stereocenters. The molecule has 0 spiro atoms. The van der Waals surface area contributed by atoms with Gasteiger partial charge < -0.3 is 10.4 Å². The Bertz CT molecular complexity index is 590. The van der Waals surface area contributed by atoms with E-state index in [1.165, 1.54) is 6.07 Å². The van der Waals surface area contributed by atoms with E-state index in [1.54, 1.807) is 11.4 Å². The van der Waals surface area contributed by atoms with Crippen LogP contribution in [0, 0.1) is 5.92 Å². The summed E-state index contributed by atoms with van der Waals surface area (Å²) in [6.07, 6.45) is 0.775. The highest BCUT2D eigenvalue weighted by atomic mass is 32.2. The molecule has 0 aromatic carbocycles. The maximum atomic E-state index is 11.8. The molecule has 1 aliphatic carbocycles. The number of carboxylic acids is 1. The summed E-state index contributed by atoms with van der Waals surface area (Å²) in [4.78, 5) is 22.2. The van der Waals surface area contributed by atoms with Crippen LogP contribution in [-0.4, -0.2) is 38.0 Å². The highest BCUT2D eigenvalue weighted by Gasteiger charge is 2.35. The van der Waals surface area contributed by atoms with Crippen LogP contribution in [-0.2, 0) is 19.6 Å². The number of rotatable bonds is 6. The van der Waals surface area contributed by atoms with Gasteiger partial charge in [-0.1, -0.05) is 6.07 Å². The quantitative estimate of drug-likeness (QED) is 0.684. The fourth-order valence-electron chi connectivity index (χ4n) is 1.86. The monoisotopic (exact) mass is 318 g/mol. The molecular formula is C11H14N2O5S2. The number of thiophene rings is 1. The maximum Gasteiger partial charge on any atom is 0.306 e. The van der Waals surface area contributed by atoms with Gasteiger partial charge in [0.05, 0.1) is 12.5 Å². The Morgan fingerprint density at radius 1 is 1.40 bits per heavy atom. The third-order valence-electron chi connectivity index (χ3n) is 3.04. The van der Waals surface area contributed by atoms with Gasteiger partial charge in [-0.05, 0) is 24.3 Å². The summed E-state index contributed by atoms with van der Waals surface area (Å²) in [5.41, 5.74) is 0. The van der Waals surface area contributed by atoms with Gasteiger partial charge >= 0.3 is 5.97 Å². The number of hydrogen-bond acceptors (Lipinski definition) is 5. The van der Waals surface area contributed by atoms with Crippen LogP contribution in [0.1, 0.15) is 12.8 Å². The van der Waals surface area contributed by atoms with E-state index >= 15 is 0 Å². The Hall–Kier alpha value is -1.45.